The normalized spacial score (nSPS) is 19.6. The van der Waals surface area contributed by atoms with E-state index in [1.807, 2.05) is 0 Å². The van der Waals surface area contributed by atoms with E-state index in [1.54, 1.807) is 0 Å². The highest BCUT2D eigenvalue weighted by molar-refractivity contribution is 6.03. The zero-order valence-corrected chi connectivity index (χ0v) is 8.60. The van der Waals surface area contributed by atoms with Crippen LogP contribution in [0.4, 0.5) is 13.2 Å². The van der Waals surface area contributed by atoms with Crippen LogP contribution in [0.3, 0.4) is 0 Å². The highest BCUT2D eigenvalue weighted by Crippen LogP contribution is 2.20. The molecule has 1 aliphatic heterocycles. The predicted molar refractivity (Wildman–Crippen MR) is 51.3 cm³/mol. The third-order valence-corrected chi connectivity index (χ3v) is 2.59. The number of rotatable bonds is 2. The van der Waals surface area contributed by atoms with Gasteiger partial charge in [-0.3, -0.25) is 14.9 Å². The van der Waals surface area contributed by atoms with Crippen LogP contribution in [-0.2, 0) is 16.0 Å². The fourth-order valence-electron chi connectivity index (χ4n) is 1.78. The molecule has 1 N–H and O–H groups in total. The Hall–Kier alpha value is -1.85. The van der Waals surface area contributed by atoms with Crippen LogP contribution in [-0.4, -0.2) is 11.8 Å². The lowest BCUT2D eigenvalue weighted by Gasteiger charge is -2.06. The van der Waals surface area contributed by atoms with Crippen LogP contribution in [0, 0.1) is 23.4 Å². The molecule has 0 aromatic heterocycles. The number of carbonyl (C=O) groups excluding carboxylic acids is 2. The molecule has 90 valence electrons. The summed E-state index contributed by atoms with van der Waals surface area (Å²) in [6.45, 7) is 0. The monoisotopic (exact) mass is 243 g/mol. The third-order valence-electron chi connectivity index (χ3n) is 2.59. The van der Waals surface area contributed by atoms with Gasteiger partial charge in [-0.2, -0.15) is 0 Å². The predicted octanol–water partition coefficient (Wildman–Crippen LogP) is 1.31. The number of hydrogen-bond donors (Lipinski definition) is 1. The van der Waals surface area contributed by atoms with Crippen LogP contribution in [0.2, 0.25) is 0 Å². The first-order chi connectivity index (χ1) is 7.97. The highest BCUT2D eigenvalue weighted by Gasteiger charge is 2.30. The van der Waals surface area contributed by atoms with Crippen molar-refractivity contribution in [3.63, 3.8) is 0 Å². The maximum atomic E-state index is 12.9. The molecule has 1 aliphatic rings. The van der Waals surface area contributed by atoms with Crippen LogP contribution in [0.5, 0.6) is 0 Å². The molecule has 2 amide bonds. The molecule has 3 nitrogen and oxygen atoms in total. The first-order valence-corrected chi connectivity index (χ1v) is 4.94. The Morgan fingerprint density at radius 2 is 1.76 bits per heavy atom. The van der Waals surface area contributed by atoms with E-state index in [2.05, 4.69) is 5.32 Å². The Bertz CT molecular complexity index is 478. The lowest BCUT2D eigenvalue weighted by atomic mass is 9.98. The summed E-state index contributed by atoms with van der Waals surface area (Å²) in [5, 5.41) is 2.09. The molecule has 0 aliphatic carbocycles. The molecule has 0 saturated carbocycles. The second-order valence-electron chi connectivity index (χ2n) is 3.89. The molecule has 6 heteroatoms. The van der Waals surface area contributed by atoms with Crippen LogP contribution in [0.1, 0.15) is 12.0 Å². The van der Waals surface area contributed by atoms with Crippen molar-refractivity contribution in [1.82, 2.24) is 5.32 Å². The Kier molecular flexibility index (Phi) is 2.87. The third kappa shape index (κ3) is 2.30. The van der Waals surface area contributed by atoms with Crippen molar-refractivity contribution in [2.75, 3.05) is 0 Å². The van der Waals surface area contributed by atoms with Crippen molar-refractivity contribution in [2.45, 2.75) is 12.8 Å². The quantitative estimate of drug-likeness (QED) is 0.628. The highest BCUT2D eigenvalue weighted by atomic mass is 19.2. The zero-order chi connectivity index (χ0) is 12.6. The van der Waals surface area contributed by atoms with Crippen molar-refractivity contribution in [2.24, 2.45) is 5.92 Å². The molecule has 17 heavy (non-hydrogen) atoms. The summed E-state index contributed by atoms with van der Waals surface area (Å²) in [7, 11) is 0. The SMILES string of the molecule is O=C1CC(Cc2cc(F)c(F)c(F)c2)C(=O)N1. The fourth-order valence-corrected chi connectivity index (χ4v) is 1.78. The van der Waals surface area contributed by atoms with Gasteiger partial charge in [0.1, 0.15) is 0 Å². The Labute approximate surface area is 94.6 Å². The van der Waals surface area contributed by atoms with Gasteiger partial charge in [0.15, 0.2) is 17.5 Å². The molecule has 1 aromatic carbocycles. The van der Waals surface area contributed by atoms with Crippen LogP contribution in [0.15, 0.2) is 12.1 Å². The Balaban J connectivity index is 2.19. The lowest BCUT2D eigenvalue weighted by Crippen LogP contribution is -2.22. The van der Waals surface area contributed by atoms with Crippen molar-refractivity contribution in [1.29, 1.82) is 0 Å². The summed E-state index contributed by atoms with van der Waals surface area (Å²) >= 11 is 0. The topological polar surface area (TPSA) is 46.2 Å². The number of amides is 2. The van der Waals surface area contributed by atoms with Crippen molar-refractivity contribution in [3.05, 3.63) is 35.1 Å². The number of hydrogen-bond acceptors (Lipinski definition) is 2. The van der Waals surface area contributed by atoms with Gasteiger partial charge in [-0.1, -0.05) is 0 Å². The molecule has 0 bridgehead atoms. The second kappa shape index (κ2) is 4.20. The number of nitrogens with one attached hydrogen (secondary N) is 1. The van der Waals surface area contributed by atoms with E-state index in [9.17, 15) is 22.8 Å². The second-order valence-corrected chi connectivity index (χ2v) is 3.89. The van der Waals surface area contributed by atoms with E-state index in [1.165, 1.54) is 0 Å². The molecule has 1 atom stereocenters. The molecule has 0 radical (unpaired) electrons. The summed E-state index contributed by atoms with van der Waals surface area (Å²) in [6.07, 6.45) is -0.00879. The van der Waals surface area contributed by atoms with Gasteiger partial charge in [-0.25, -0.2) is 13.2 Å². The van der Waals surface area contributed by atoms with Crippen LogP contribution >= 0.6 is 0 Å². The first-order valence-electron chi connectivity index (χ1n) is 4.94. The minimum absolute atomic E-state index is 0.00565. The number of carbonyl (C=O) groups is 2. The first kappa shape index (κ1) is 11.6. The van der Waals surface area contributed by atoms with E-state index in [4.69, 9.17) is 0 Å². The van der Waals surface area contributed by atoms with E-state index in [0.717, 1.165) is 12.1 Å². The molecule has 1 heterocycles. The summed E-state index contributed by atoms with van der Waals surface area (Å²) in [5.74, 6) is -5.68. The maximum Gasteiger partial charge on any atom is 0.230 e. The largest absolute Gasteiger partial charge is 0.296 e. The summed E-state index contributed by atoms with van der Waals surface area (Å²) in [4.78, 5) is 22.1. The van der Waals surface area contributed by atoms with Gasteiger partial charge in [-0.05, 0) is 24.1 Å². The molecule has 0 spiro atoms. The minimum atomic E-state index is -1.54. The van der Waals surface area contributed by atoms with Gasteiger partial charge in [0.25, 0.3) is 0 Å². The van der Waals surface area contributed by atoms with Crippen LogP contribution < -0.4 is 5.32 Å². The smallest absolute Gasteiger partial charge is 0.230 e. The number of imide groups is 1. The summed E-state index contributed by atoms with van der Waals surface area (Å²) < 4.78 is 38.5. The van der Waals surface area contributed by atoms with Gasteiger partial charge in [0.2, 0.25) is 11.8 Å². The van der Waals surface area contributed by atoms with E-state index in [-0.39, 0.29) is 18.4 Å². The van der Waals surface area contributed by atoms with Gasteiger partial charge in [-0.15, -0.1) is 0 Å². The maximum absolute atomic E-state index is 12.9. The molecule has 1 aromatic rings. The van der Waals surface area contributed by atoms with Crippen molar-refractivity contribution < 1.29 is 22.8 Å². The van der Waals surface area contributed by atoms with Crippen LogP contribution in [0.25, 0.3) is 0 Å². The minimum Gasteiger partial charge on any atom is -0.296 e. The van der Waals surface area contributed by atoms with E-state index < -0.39 is 35.2 Å². The van der Waals surface area contributed by atoms with Gasteiger partial charge >= 0.3 is 0 Å². The van der Waals surface area contributed by atoms with Crippen molar-refractivity contribution >= 4 is 11.8 Å². The van der Waals surface area contributed by atoms with E-state index in [0.29, 0.717) is 0 Å². The molecule has 1 saturated heterocycles. The fraction of sp³-hybridized carbons (Fsp3) is 0.273. The molecule has 2 rings (SSSR count). The number of benzene rings is 1. The van der Waals surface area contributed by atoms with Crippen molar-refractivity contribution in [3.8, 4) is 0 Å². The van der Waals surface area contributed by atoms with Gasteiger partial charge in [0.05, 0.1) is 5.92 Å². The standard InChI is InChI=1S/C11H8F3NO2/c12-7-2-5(3-8(13)10(7)14)1-6-4-9(16)15-11(6)17/h2-3,6H,1,4H2,(H,15,16,17). The zero-order valence-electron chi connectivity index (χ0n) is 8.60. The van der Waals surface area contributed by atoms with Gasteiger partial charge in [0, 0.05) is 6.42 Å². The average molecular weight is 243 g/mol. The summed E-state index contributed by atoms with van der Waals surface area (Å²) in [5.41, 5.74) is 0.149. The Morgan fingerprint density at radius 3 is 2.24 bits per heavy atom. The molecular formula is C11H8F3NO2. The molecule has 1 fully saturated rings. The average Bonchev–Trinajstić information content (AvgIpc) is 2.54. The molecule has 1 unspecified atom stereocenters. The van der Waals surface area contributed by atoms with E-state index >= 15 is 0 Å². The molecular weight excluding hydrogens is 235 g/mol. The number of halogens is 3. The Morgan fingerprint density at radius 1 is 1.18 bits per heavy atom. The summed E-state index contributed by atoms with van der Waals surface area (Å²) in [6, 6.07) is 1.66. The van der Waals surface area contributed by atoms with Gasteiger partial charge < -0.3 is 0 Å². The lowest BCUT2D eigenvalue weighted by molar-refractivity contribution is -0.125.